The first-order valence-corrected chi connectivity index (χ1v) is 4.13. The molecule has 72 valence electrons. The van der Waals surface area contributed by atoms with Crippen molar-refractivity contribution in [1.29, 1.82) is 0 Å². The molecule has 0 aliphatic carbocycles. The van der Waals surface area contributed by atoms with Crippen molar-refractivity contribution in [3.05, 3.63) is 12.3 Å². The van der Waals surface area contributed by atoms with E-state index in [9.17, 15) is 9.59 Å². The predicted molar refractivity (Wildman–Crippen MR) is 46.9 cm³/mol. The van der Waals surface area contributed by atoms with E-state index in [2.05, 4.69) is 0 Å². The molecule has 0 amide bonds. The molecule has 0 saturated heterocycles. The topological polar surface area (TPSA) is 46.6 Å². The number of hydrogen-bond acceptors (Lipinski definition) is 4. The van der Waals surface area contributed by atoms with Gasteiger partial charge in [0.2, 0.25) is 11.5 Å². The van der Waals surface area contributed by atoms with Crippen LogP contribution in [0, 0.1) is 0 Å². The molecule has 1 unspecified atom stereocenters. The predicted octanol–water partition coefficient (Wildman–Crippen LogP) is 0.336. The largest absolute Gasteiger partial charge is 0.352 e. The number of hydrogen-bond donors (Lipinski definition) is 0. The van der Waals surface area contributed by atoms with Gasteiger partial charge in [0.25, 0.3) is 5.78 Å². The summed E-state index contributed by atoms with van der Waals surface area (Å²) in [5, 5.41) is 0. The van der Waals surface area contributed by atoms with Gasteiger partial charge in [0, 0.05) is 32.9 Å². The Morgan fingerprint density at radius 3 is 2.54 bits per heavy atom. The number of methoxy groups -OCH3 is 1. The minimum absolute atomic E-state index is 0.453. The lowest BCUT2D eigenvalue weighted by Gasteiger charge is -2.38. The van der Waals surface area contributed by atoms with Crippen molar-refractivity contribution in [3.63, 3.8) is 0 Å². The van der Waals surface area contributed by atoms with E-state index in [0.29, 0.717) is 6.42 Å². The molecule has 4 nitrogen and oxygen atoms in total. The van der Waals surface area contributed by atoms with Gasteiger partial charge < -0.3 is 9.64 Å². The lowest BCUT2D eigenvalue weighted by molar-refractivity contribution is -0.166. The average molecular weight is 183 g/mol. The molecule has 1 rings (SSSR count). The highest BCUT2D eigenvalue weighted by atomic mass is 16.5. The van der Waals surface area contributed by atoms with Gasteiger partial charge >= 0.3 is 0 Å². The lowest BCUT2D eigenvalue weighted by Crippen LogP contribution is -2.56. The molecular formula is C9H13NO3. The van der Waals surface area contributed by atoms with Gasteiger partial charge in [-0.1, -0.05) is 6.92 Å². The Labute approximate surface area is 77.2 Å². The number of nitrogens with zero attached hydrogens (tertiary/aromatic N) is 1. The first-order chi connectivity index (χ1) is 6.08. The van der Waals surface area contributed by atoms with Gasteiger partial charge in [0.15, 0.2) is 0 Å². The summed E-state index contributed by atoms with van der Waals surface area (Å²) in [6.45, 7) is 1.81. The van der Waals surface area contributed by atoms with E-state index in [4.69, 9.17) is 4.74 Å². The third-order valence-electron chi connectivity index (χ3n) is 2.41. The maximum absolute atomic E-state index is 11.6. The summed E-state index contributed by atoms with van der Waals surface area (Å²) in [6.07, 6.45) is 3.28. The average Bonchev–Trinajstić information content (AvgIpc) is 2.15. The second kappa shape index (κ2) is 3.30. The third-order valence-corrected chi connectivity index (χ3v) is 2.41. The Morgan fingerprint density at radius 1 is 1.54 bits per heavy atom. The summed E-state index contributed by atoms with van der Waals surface area (Å²) in [6, 6.07) is 0. The minimum atomic E-state index is -1.09. The van der Waals surface area contributed by atoms with E-state index >= 15 is 0 Å². The highest BCUT2D eigenvalue weighted by Gasteiger charge is 2.45. The zero-order chi connectivity index (χ0) is 10.1. The Balaban J connectivity index is 3.13. The van der Waals surface area contributed by atoms with Crippen LogP contribution in [0.1, 0.15) is 13.3 Å². The second-order valence-corrected chi connectivity index (χ2v) is 2.96. The quantitative estimate of drug-likeness (QED) is 0.579. The van der Waals surface area contributed by atoms with Crippen LogP contribution >= 0.6 is 0 Å². The fourth-order valence-corrected chi connectivity index (χ4v) is 1.52. The number of likely N-dealkylation sites (N-methyl/N-ethyl adjacent to an activating group) is 1. The van der Waals surface area contributed by atoms with E-state index in [1.54, 1.807) is 18.1 Å². The molecule has 0 aromatic heterocycles. The molecule has 0 fully saturated rings. The number of carbonyl (C=O) groups excluding carboxylic acids is 2. The van der Waals surface area contributed by atoms with Crippen LogP contribution in [0.3, 0.4) is 0 Å². The second-order valence-electron chi connectivity index (χ2n) is 2.96. The summed E-state index contributed by atoms with van der Waals surface area (Å²) in [5.41, 5.74) is -1.09. The third kappa shape index (κ3) is 1.27. The molecule has 1 heterocycles. The zero-order valence-corrected chi connectivity index (χ0v) is 8.03. The van der Waals surface area contributed by atoms with E-state index in [0.717, 1.165) is 0 Å². The number of rotatable bonds is 2. The van der Waals surface area contributed by atoms with Crippen LogP contribution in [0.15, 0.2) is 12.3 Å². The molecule has 13 heavy (non-hydrogen) atoms. The van der Waals surface area contributed by atoms with Gasteiger partial charge in [0.1, 0.15) is 0 Å². The molecule has 4 heteroatoms. The van der Waals surface area contributed by atoms with Crippen molar-refractivity contribution >= 4 is 11.6 Å². The monoisotopic (exact) mass is 183 g/mol. The summed E-state index contributed by atoms with van der Waals surface area (Å²) in [4.78, 5) is 24.3. The van der Waals surface area contributed by atoms with Gasteiger partial charge in [0.05, 0.1) is 0 Å². The standard InChI is InChI=1S/C9H13NO3/c1-4-9(13-3)8(12)7(11)5-6-10(9)2/h5-6H,4H2,1-3H3. The van der Waals surface area contributed by atoms with Crippen molar-refractivity contribution in [2.24, 2.45) is 0 Å². The Kier molecular flexibility index (Phi) is 2.52. The van der Waals surface area contributed by atoms with Crippen molar-refractivity contribution < 1.29 is 14.3 Å². The molecule has 1 aliphatic rings. The first-order valence-electron chi connectivity index (χ1n) is 4.13. The maximum Gasteiger partial charge on any atom is 0.255 e. The van der Waals surface area contributed by atoms with Crippen molar-refractivity contribution in [3.8, 4) is 0 Å². The van der Waals surface area contributed by atoms with Gasteiger partial charge in [-0.25, -0.2) is 0 Å². The molecule has 0 N–H and O–H groups in total. The minimum Gasteiger partial charge on any atom is -0.352 e. The van der Waals surface area contributed by atoms with E-state index in [1.807, 2.05) is 6.92 Å². The summed E-state index contributed by atoms with van der Waals surface area (Å²) in [7, 11) is 3.15. The summed E-state index contributed by atoms with van der Waals surface area (Å²) >= 11 is 0. The number of ketones is 2. The van der Waals surface area contributed by atoms with Gasteiger partial charge in [-0.2, -0.15) is 0 Å². The molecule has 0 saturated carbocycles. The van der Waals surface area contributed by atoms with E-state index in [1.165, 1.54) is 13.2 Å². The fourth-order valence-electron chi connectivity index (χ4n) is 1.52. The van der Waals surface area contributed by atoms with Gasteiger partial charge in [-0.15, -0.1) is 0 Å². The number of carbonyl (C=O) groups is 2. The summed E-state index contributed by atoms with van der Waals surface area (Å²) < 4.78 is 5.13. The van der Waals surface area contributed by atoms with Crippen LogP contribution in [-0.2, 0) is 14.3 Å². The fraction of sp³-hybridized carbons (Fsp3) is 0.556. The Bertz CT molecular complexity index is 266. The maximum atomic E-state index is 11.6. The van der Waals surface area contributed by atoms with Crippen LogP contribution in [0.5, 0.6) is 0 Å². The van der Waals surface area contributed by atoms with Crippen LogP contribution in [0.2, 0.25) is 0 Å². The van der Waals surface area contributed by atoms with Crippen LogP contribution in [0.25, 0.3) is 0 Å². The highest BCUT2D eigenvalue weighted by molar-refractivity contribution is 6.44. The molecule has 0 aromatic rings. The van der Waals surface area contributed by atoms with Crippen LogP contribution < -0.4 is 0 Å². The van der Waals surface area contributed by atoms with Gasteiger partial charge in [-0.05, 0) is 0 Å². The molecule has 0 spiro atoms. The van der Waals surface area contributed by atoms with Crippen molar-refractivity contribution in [2.75, 3.05) is 14.2 Å². The van der Waals surface area contributed by atoms with Crippen molar-refractivity contribution in [1.82, 2.24) is 4.90 Å². The molecule has 1 atom stereocenters. The van der Waals surface area contributed by atoms with Crippen LogP contribution in [0.4, 0.5) is 0 Å². The van der Waals surface area contributed by atoms with Crippen molar-refractivity contribution in [2.45, 2.75) is 19.1 Å². The highest BCUT2D eigenvalue weighted by Crippen LogP contribution is 2.24. The Morgan fingerprint density at radius 2 is 2.15 bits per heavy atom. The SMILES string of the molecule is CCC1(OC)C(=O)C(=O)C=CN1C. The smallest absolute Gasteiger partial charge is 0.255 e. The first kappa shape index (κ1) is 9.92. The lowest BCUT2D eigenvalue weighted by atomic mass is 9.97. The van der Waals surface area contributed by atoms with Gasteiger partial charge in [-0.3, -0.25) is 9.59 Å². The normalized spacial score (nSPS) is 28.4. The molecular weight excluding hydrogens is 170 g/mol. The summed E-state index contributed by atoms with van der Waals surface area (Å²) in [5.74, 6) is -0.996. The molecule has 0 bridgehead atoms. The van der Waals surface area contributed by atoms with E-state index < -0.39 is 17.3 Å². The number of allylic oxidation sites excluding steroid dienone is 1. The number of Topliss-reactive ketones (excluding diaryl/α,β-unsaturated/α-hetero) is 1. The zero-order valence-electron chi connectivity index (χ0n) is 8.03. The molecule has 1 aliphatic heterocycles. The Hall–Kier alpha value is -1.16. The van der Waals surface area contributed by atoms with E-state index in [-0.39, 0.29) is 0 Å². The van der Waals surface area contributed by atoms with Crippen LogP contribution in [-0.4, -0.2) is 36.3 Å². The molecule has 0 radical (unpaired) electrons. The number of ether oxygens (including phenoxy) is 1. The molecule has 0 aromatic carbocycles.